The van der Waals surface area contributed by atoms with Gasteiger partial charge in [0.1, 0.15) is 5.82 Å². The predicted molar refractivity (Wildman–Crippen MR) is 72.6 cm³/mol. The van der Waals surface area contributed by atoms with Crippen LogP contribution in [0.2, 0.25) is 0 Å². The number of rotatable bonds is 4. The molecule has 2 aromatic rings. The van der Waals surface area contributed by atoms with E-state index in [2.05, 4.69) is 0 Å². The summed E-state index contributed by atoms with van der Waals surface area (Å²) in [4.78, 5) is 1.97. The van der Waals surface area contributed by atoms with Crippen LogP contribution in [0, 0.1) is 12.7 Å². The van der Waals surface area contributed by atoms with Crippen LogP contribution in [0.4, 0.5) is 10.1 Å². The van der Waals surface area contributed by atoms with Crippen molar-refractivity contribution in [3.8, 4) is 0 Å². The van der Waals surface area contributed by atoms with E-state index in [1.807, 2.05) is 18.0 Å². The summed E-state index contributed by atoms with van der Waals surface area (Å²) in [6.07, 6.45) is 2.58. The van der Waals surface area contributed by atoms with E-state index in [-0.39, 0.29) is 5.82 Å². The molecule has 0 saturated heterocycles. The molecule has 1 aromatic heterocycles. The van der Waals surface area contributed by atoms with Crippen LogP contribution in [0.15, 0.2) is 35.1 Å². The zero-order valence-corrected chi connectivity index (χ0v) is 11.4. The summed E-state index contributed by atoms with van der Waals surface area (Å²) in [7, 11) is 1.91. The minimum absolute atomic E-state index is 0.295. The molecule has 0 bridgehead atoms. The molecule has 102 valence electrons. The number of aryl methyl sites for hydroxylation is 1. The maximum Gasteiger partial charge on any atom is 0.126 e. The van der Waals surface area contributed by atoms with Gasteiger partial charge < -0.3 is 14.4 Å². The second kappa shape index (κ2) is 5.45. The van der Waals surface area contributed by atoms with E-state index in [0.717, 1.165) is 11.3 Å². The Bertz CT molecular complexity index is 550. The van der Waals surface area contributed by atoms with Gasteiger partial charge in [-0.15, -0.1) is 0 Å². The van der Waals surface area contributed by atoms with Crippen molar-refractivity contribution >= 4 is 5.69 Å². The Labute approximate surface area is 112 Å². The lowest BCUT2D eigenvalue weighted by atomic mass is 10.0. The molecular formula is C15H18FNO2. The van der Waals surface area contributed by atoms with Gasteiger partial charge in [-0.2, -0.15) is 0 Å². The first kappa shape index (κ1) is 13.6. The Balaban J connectivity index is 2.34. The van der Waals surface area contributed by atoms with Crippen LogP contribution in [0.1, 0.15) is 29.7 Å². The first-order valence-electron chi connectivity index (χ1n) is 6.19. The number of anilines is 1. The summed E-state index contributed by atoms with van der Waals surface area (Å²) < 4.78 is 18.7. The molecule has 4 heteroatoms. The third kappa shape index (κ3) is 2.96. The third-order valence-corrected chi connectivity index (χ3v) is 3.17. The molecule has 0 radical (unpaired) electrons. The summed E-state index contributed by atoms with van der Waals surface area (Å²) in [5.41, 5.74) is 3.02. The monoisotopic (exact) mass is 263 g/mol. The number of aliphatic hydroxyl groups is 1. The van der Waals surface area contributed by atoms with Gasteiger partial charge >= 0.3 is 0 Å². The second-order valence-corrected chi connectivity index (χ2v) is 4.82. The number of halogens is 1. The molecule has 0 aliphatic rings. The van der Waals surface area contributed by atoms with Crippen molar-refractivity contribution < 1.29 is 13.9 Å². The summed E-state index contributed by atoms with van der Waals surface area (Å²) in [5.74, 6) is -0.295. The third-order valence-electron chi connectivity index (χ3n) is 3.17. The van der Waals surface area contributed by atoms with E-state index in [9.17, 15) is 9.50 Å². The number of aliphatic hydroxyl groups excluding tert-OH is 1. The molecule has 1 heterocycles. The van der Waals surface area contributed by atoms with E-state index < -0.39 is 6.10 Å². The quantitative estimate of drug-likeness (QED) is 0.918. The van der Waals surface area contributed by atoms with Gasteiger partial charge in [0.05, 0.1) is 18.6 Å². The van der Waals surface area contributed by atoms with Crippen LogP contribution in [0.3, 0.4) is 0 Å². The molecule has 0 fully saturated rings. The largest absolute Gasteiger partial charge is 0.472 e. The highest BCUT2D eigenvalue weighted by atomic mass is 19.1. The first-order chi connectivity index (χ1) is 8.99. The van der Waals surface area contributed by atoms with E-state index in [1.54, 1.807) is 32.4 Å². The summed E-state index contributed by atoms with van der Waals surface area (Å²) in [6, 6.07) is 5.05. The smallest absolute Gasteiger partial charge is 0.126 e. The van der Waals surface area contributed by atoms with Crippen molar-refractivity contribution in [2.45, 2.75) is 26.5 Å². The van der Waals surface area contributed by atoms with Crippen molar-refractivity contribution in [1.29, 1.82) is 0 Å². The summed E-state index contributed by atoms with van der Waals surface area (Å²) >= 11 is 0. The average Bonchev–Trinajstić information content (AvgIpc) is 2.84. The van der Waals surface area contributed by atoms with Crippen molar-refractivity contribution in [3.05, 3.63) is 53.2 Å². The van der Waals surface area contributed by atoms with Crippen LogP contribution in [0.25, 0.3) is 0 Å². The van der Waals surface area contributed by atoms with Crippen molar-refractivity contribution in [1.82, 2.24) is 0 Å². The van der Waals surface area contributed by atoms with E-state index in [4.69, 9.17) is 4.42 Å². The van der Waals surface area contributed by atoms with Gasteiger partial charge in [0.25, 0.3) is 0 Å². The van der Waals surface area contributed by atoms with Crippen LogP contribution in [-0.4, -0.2) is 12.2 Å². The molecule has 3 nitrogen and oxygen atoms in total. The van der Waals surface area contributed by atoms with Gasteiger partial charge in [-0.1, -0.05) is 0 Å². The fourth-order valence-corrected chi connectivity index (χ4v) is 2.09. The Hall–Kier alpha value is -1.81. The minimum atomic E-state index is -0.711. The summed E-state index contributed by atoms with van der Waals surface area (Å²) in [6.45, 7) is 4.00. The molecular weight excluding hydrogens is 245 g/mol. The summed E-state index contributed by atoms with van der Waals surface area (Å²) in [5, 5.41) is 9.78. The Morgan fingerprint density at radius 1 is 1.42 bits per heavy atom. The van der Waals surface area contributed by atoms with Gasteiger partial charge in [0, 0.05) is 30.4 Å². The molecule has 0 saturated carbocycles. The maximum absolute atomic E-state index is 13.6. The van der Waals surface area contributed by atoms with Crippen molar-refractivity contribution in [3.63, 3.8) is 0 Å². The van der Waals surface area contributed by atoms with Crippen LogP contribution < -0.4 is 4.90 Å². The van der Waals surface area contributed by atoms with Crippen LogP contribution in [0.5, 0.6) is 0 Å². The standard InChI is InChI=1S/C15H18FNO2/c1-10-6-15(13(11(2)18)7-14(10)16)17(3)8-12-4-5-19-9-12/h4-7,9,11,18H,8H2,1-3H3/t11-/m0/s1. The Morgan fingerprint density at radius 2 is 2.16 bits per heavy atom. The minimum Gasteiger partial charge on any atom is -0.472 e. The fraction of sp³-hybridized carbons (Fsp3) is 0.333. The van der Waals surface area contributed by atoms with Gasteiger partial charge in [-0.3, -0.25) is 0 Å². The topological polar surface area (TPSA) is 36.6 Å². The number of furan rings is 1. The normalized spacial score (nSPS) is 12.5. The number of hydrogen-bond acceptors (Lipinski definition) is 3. The first-order valence-corrected chi connectivity index (χ1v) is 6.19. The maximum atomic E-state index is 13.6. The van der Waals surface area contributed by atoms with Crippen molar-refractivity contribution in [2.75, 3.05) is 11.9 Å². The lowest BCUT2D eigenvalue weighted by molar-refractivity contribution is 0.199. The molecule has 0 unspecified atom stereocenters. The van der Waals surface area contributed by atoms with E-state index >= 15 is 0 Å². The SMILES string of the molecule is Cc1cc(N(C)Cc2ccoc2)c([C@H](C)O)cc1F. The average molecular weight is 263 g/mol. The molecule has 19 heavy (non-hydrogen) atoms. The lowest BCUT2D eigenvalue weighted by Gasteiger charge is -2.24. The van der Waals surface area contributed by atoms with E-state index in [0.29, 0.717) is 17.7 Å². The predicted octanol–water partition coefficient (Wildman–Crippen LogP) is 3.42. The number of nitrogens with zero attached hydrogens (tertiary/aromatic N) is 1. The van der Waals surface area contributed by atoms with Crippen LogP contribution >= 0.6 is 0 Å². The van der Waals surface area contributed by atoms with Crippen molar-refractivity contribution in [2.24, 2.45) is 0 Å². The lowest BCUT2D eigenvalue weighted by Crippen LogP contribution is -2.19. The molecule has 2 rings (SSSR count). The Kier molecular flexibility index (Phi) is 3.90. The zero-order chi connectivity index (χ0) is 14.0. The van der Waals surface area contributed by atoms with E-state index in [1.165, 1.54) is 6.07 Å². The highest BCUT2D eigenvalue weighted by Gasteiger charge is 2.15. The molecule has 1 aromatic carbocycles. The zero-order valence-electron chi connectivity index (χ0n) is 11.4. The highest BCUT2D eigenvalue weighted by Crippen LogP contribution is 2.29. The molecule has 0 spiro atoms. The molecule has 1 atom stereocenters. The highest BCUT2D eigenvalue weighted by molar-refractivity contribution is 5.56. The van der Waals surface area contributed by atoms with Crippen LogP contribution in [-0.2, 0) is 6.54 Å². The molecule has 0 aliphatic heterocycles. The van der Waals surface area contributed by atoms with Gasteiger partial charge in [-0.05, 0) is 37.6 Å². The molecule has 0 amide bonds. The molecule has 1 N–H and O–H groups in total. The second-order valence-electron chi connectivity index (χ2n) is 4.82. The number of hydrogen-bond donors (Lipinski definition) is 1. The van der Waals surface area contributed by atoms with Gasteiger partial charge in [-0.25, -0.2) is 4.39 Å². The van der Waals surface area contributed by atoms with Gasteiger partial charge in [0.15, 0.2) is 0 Å². The fourth-order valence-electron chi connectivity index (χ4n) is 2.09. The number of benzene rings is 1. The Morgan fingerprint density at radius 3 is 2.74 bits per heavy atom. The van der Waals surface area contributed by atoms with Gasteiger partial charge in [0.2, 0.25) is 0 Å². The molecule has 0 aliphatic carbocycles.